The second-order valence-electron chi connectivity index (χ2n) is 7.41. The molecule has 1 N–H and O–H groups in total. The Morgan fingerprint density at radius 1 is 1.19 bits per heavy atom. The van der Waals surface area contributed by atoms with Crippen LogP contribution in [-0.4, -0.2) is 43.7 Å². The fraction of sp³-hybridized carbons (Fsp3) is 0.524. The predicted molar refractivity (Wildman–Crippen MR) is 111 cm³/mol. The third-order valence-corrected chi connectivity index (χ3v) is 4.57. The second-order valence-corrected chi connectivity index (χ2v) is 7.41. The van der Waals surface area contributed by atoms with Gasteiger partial charge in [0.15, 0.2) is 18.1 Å². The zero-order chi connectivity index (χ0) is 23.0. The van der Waals surface area contributed by atoms with Crippen LogP contribution < -0.4 is 19.5 Å². The van der Waals surface area contributed by atoms with Crippen molar-refractivity contribution >= 4 is 17.6 Å². The van der Waals surface area contributed by atoms with Crippen molar-refractivity contribution in [2.45, 2.75) is 45.6 Å². The van der Waals surface area contributed by atoms with Crippen LogP contribution in [0.5, 0.6) is 17.2 Å². The molecule has 1 fully saturated rings. The average molecular weight is 436 g/mol. The van der Waals surface area contributed by atoms with Crippen LogP contribution in [0.15, 0.2) is 23.9 Å². The van der Waals surface area contributed by atoms with Gasteiger partial charge in [-0.25, -0.2) is 4.79 Å². The highest BCUT2D eigenvalue weighted by atomic mass is 16.6. The van der Waals surface area contributed by atoms with Crippen LogP contribution in [0.25, 0.3) is 0 Å². The Labute approximate surface area is 180 Å². The number of hydrogen-bond donors (Lipinski definition) is 1. The largest absolute Gasteiger partial charge is 0.492 e. The minimum Gasteiger partial charge on any atom is -0.492 e. The molecule has 0 radical (unpaired) electrons. The molecule has 0 aromatic heterocycles. The highest BCUT2D eigenvalue weighted by Gasteiger charge is 2.24. The molecule has 0 spiro atoms. The standard InChI is InChI=1S/C21H28N2O8/c1-13(2)9-16(21(25)31-15-7-5-6-8-15)22-19(24)12-30-20-17(28-3)10-14(23(26)27)11-18(20)29-4/h9-11,13,15H,5-8,12H2,1-4H3,(H,22,24)/b16-9+. The predicted octanol–water partition coefficient (Wildman–Crippen LogP) is 3.13. The number of hydrogen-bond acceptors (Lipinski definition) is 8. The molecule has 1 aliphatic rings. The molecule has 0 atom stereocenters. The van der Waals surface area contributed by atoms with Gasteiger partial charge in [0.05, 0.1) is 31.3 Å². The molecule has 0 aliphatic heterocycles. The number of amides is 1. The molecule has 1 aromatic rings. The van der Waals surface area contributed by atoms with E-state index in [2.05, 4.69) is 5.32 Å². The summed E-state index contributed by atoms with van der Waals surface area (Å²) in [4.78, 5) is 35.4. The third-order valence-electron chi connectivity index (χ3n) is 4.57. The van der Waals surface area contributed by atoms with Crippen molar-refractivity contribution in [1.82, 2.24) is 5.32 Å². The number of nitro benzene ring substituents is 1. The van der Waals surface area contributed by atoms with Crippen LogP contribution in [0.1, 0.15) is 39.5 Å². The summed E-state index contributed by atoms with van der Waals surface area (Å²) in [6, 6.07) is 2.33. The first-order chi connectivity index (χ1) is 14.7. The number of carbonyl (C=O) groups is 2. The van der Waals surface area contributed by atoms with Crippen LogP contribution in [0.2, 0.25) is 0 Å². The molecule has 2 rings (SSSR count). The zero-order valence-electron chi connectivity index (χ0n) is 18.1. The summed E-state index contributed by atoms with van der Waals surface area (Å²) in [5.41, 5.74) is -0.194. The third kappa shape index (κ3) is 6.87. The number of nitrogens with zero attached hydrogens (tertiary/aromatic N) is 1. The van der Waals surface area contributed by atoms with Gasteiger partial charge >= 0.3 is 5.97 Å². The molecular weight excluding hydrogens is 408 g/mol. The van der Waals surface area contributed by atoms with E-state index in [1.165, 1.54) is 26.4 Å². The molecule has 170 valence electrons. The van der Waals surface area contributed by atoms with Crippen molar-refractivity contribution in [2.75, 3.05) is 20.8 Å². The number of rotatable bonds is 10. The van der Waals surface area contributed by atoms with Gasteiger partial charge in [-0.1, -0.05) is 19.9 Å². The fourth-order valence-electron chi connectivity index (χ4n) is 3.15. The number of carbonyl (C=O) groups excluding carboxylic acids is 2. The van der Waals surface area contributed by atoms with Gasteiger partial charge in [-0.2, -0.15) is 0 Å². The lowest BCUT2D eigenvalue weighted by Gasteiger charge is -2.16. The van der Waals surface area contributed by atoms with Gasteiger partial charge in [0.1, 0.15) is 11.8 Å². The van der Waals surface area contributed by atoms with Crippen LogP contribution in [0.4, 0.5) is 5.69 Å². The molecule has 0 unspecified atom stereocenters. The van der Waals surface area contributed by atoms with E-state index < -0.39 is 23.4 Å². The van der Waals surface area contributed by atoms with E-state index >= 15 is 0 Å². The van der Waals surface area contributed by atoms with Gasteiger partial charge in [0.25, 0.3) is 11.6 Å². The number of benzene rings is 1. The second kappa shape index (κ2) is 11.2. The van der Waals surface area contributed by atoms with Crippen LogP contribution >= 0.6 is 0 Å². The Morgan fingerprint density at radius 3 is 2.26 bits per heavy atom. The molecule has 10 nitrogen and oxygen atoms in total. The normalized spacial score (nSPS) is 14.3. The molecule has 0 heterocycles. The number of esters is 1. The van der Waals surface area contributed by atoms with E-state index in [1.54, 1.807) is 6.08 Å². The van der Waals surface area contributed by atoms with Gasteiger partial charge in [0, 0.05) is 0 Å². The van der Waals surface area contributed by atoms with Gasteiger partial charge in [0.2, 0.25) is 5.75 Å². The summed E-state index contributed by atoms with van der Waals surface area (Å²) in [5, 5.41) is 13.6. The lowest BCUT2D eigenvalue weighted by molar-refractivity contribution is -0.385. The molecule has 1 saturated carbocycles. The SMILES string of the molecule is COc1cc([N+](=O)[O-])cc(OC)c1OCC(=O)N/C(=C/C(C)C)C(=O)OC1CCCC1. The van der Waals surface area contributed by atoms with E-state index in [9.17, 15) is 19.7 Å². The fourth-order valence-corrected chi connectivity index (χ4v) is 3.15. The molecule has 1 aliphatic carbocycles. The Kier molecular flexibility index (Phi) is 8.65. The monoisotopic (exact) mass is 436 g/mol. The van der Waals surface area contributed by atoms with E-state index in [0.29, 0.717) is 0 Å². The molecule has 10 heteroatoms. The molecule has 0 bridgehead atoms. The van der Waals surface area contributed by atoms with Crippen molar-refractivity contribution in [2.24, 2.45) is 5.92 Å². The maximum absolute atomic E-state index is 12.5. The number of allylic oxidation sites excluding steroid dienone is 1. The Hall–Kier alpha value is -3.30. The minimum absolute atomic E-state index is 0.00204. The summed E-state index contributed by atoms with van der Waals surface area (Å²) < 4.78 is 21.2. The van der Waals surface area contributed by atoms with Crippen molar-refractivity contribution in [3.8, 4) is 17.2 Å². The average Bonchev–Trinajstić information content (AvgIpc) is 3.23. The molecular formula is C21H28N2O8. The summed E-state index contributed by atoms with van der Waals surface area (Å²) >= 11 is 0. The van der Waals surface area contributed by atoms with Crippen molar-refractivity contribution in [3.05, 3.63) is 34.0 Å². The van der Waals surface area contributed by atoms with Gasteiger partial charge in [-0.3, -0.25) is 14.9 Å². The molecule has 1 amide bonds. The first-order valence-electron chi connectivity index (χ1n) is 10.0. The summed E-state index contributed by atoms with van der Waals surface area (Å²) in [6.07, 6.45) is 5.14. The summed E-state index contributed by atoms with van der Waals surface area (Å²) in [5.74, 6) is -1.07. The van der Waals surface area contributed by atoms with Crippen molar-refractivity contribution < 1.29 is 33.5 Å². The summed E-state index contributed by atoms with van der Waals surface area (Å²) in [7, 11) is 2.63. The first kappa shape index (κ1) is 24.0. The number of ether oxygens (including phenoxy) is 4. The number of non-ortho nitro benzene ring substituents is 1. The number of methoxy groups -OCH3 is 2. The Morgan fingerprint density at radius 2 is 1.77 bits per heavy atom. The topological polar surface area (TPSA) is 126 Å². The quantitative estimate of drug-likeness (QED) is 0.257. The lowest BCUT2D eigenvalue weighted by atomic mass is 10.2. The van der Waals surface area contributed by atoms with E-state index in [0.717, 1.165) is 25.7 Å². The smallest absolute Gasteiger partial charge is 0.354 e. The van der Waals surface area contributed by atoms with Crippen LogP contribution in [-0.2, 0) is 14.3 Å². The van der Waals surface area contributed by atoms with E-state index in [1.807, 2.05) is 13.8 Å². The number of nitrogens with one attached hydrogen (secondary N) is 1. The highest BCUT2D eigenvalue weighted by Crippen LogP contribution is 2.40. The Balaban J connectivity index is 2.09. The molecule has 0 saturated heterocycles. The first-order valence-corrected chi connectivity index (χ1v) is 10.0. The molecule has 31 heavy (non-hydrogen) atoms. The summed E-state index contributed by atoms with van der Waals surface area (Å²) in [6.45, 7) is 3.27. The van der Waals surface area contributed by atoms with Gasteiger partial charge < -0.3 is 24.3 Å². The van der Waals surface area contributed by atoms with E-state index in [4.69, 9.17) is 18.9 Å². The lowest BCUT2D eigenvalue weighted by Crippen LogP contribution is -2.33. The maximum Gasteiger partial charge on any atom is 0.354 e. The molecule has 1 aromatic carbocycles. The van der Waals surface area contributed by atoms with Crippen LogP contribution in [0, 0.1) is 16.0 Å². The van der Waals surface area contributed by atoms with Crippen LogP contribution in [0.3, 0.4) is 0 Å². The highest BCUT2D eigenvalue weighted by molar-refractivity contribution is 5.94. The maximum atomic E-state index is 12.5. The van der Waals surface area contributed by atoms with Gasteiger partial charge in [-0.05, 0) is 31.6 Å². The van der Waals surface area contributed by atoms with Gasteiger partial charge in [-0.15, -0.1) is 0 Å². The Bertz CT molecular complexity index is 819. The van der Waals surface area contributed by atoms with Crippen molar-refractivity contribution in [3.63, 3.8) is 0 Å². The van der Waals surface area contributed by atoms with Crippen molar-refractivity contribution in [1.29, 1.82) is 0 Å². The van der Waals surface area contributed by atoms with E-state index in [-0.39, 0.29) is 40.7 Å². The minimum atomic E-state index is -0.599. The zero-order valence-corrected chi connectivity index (χ0v) is 18.1. The number of nitro groups is 1.